The molecular formula is C15H25N3O2. The van der Waals surface area contributed by atoms with E-state index in [0.717, 1.165) is 39.0 Å². The highest BCUT2D eigenvalue weighted by atomic mass is 16.6. The smallest absolute Gasteiger partial charge is 0.292 e. The predicted octanol–water partition coefficient (Wildman–Crippen LogP) is 3.52. The highest BCUT2D eigenvalue weighted by Crippen LogP contribution is 2.22. The third-order valence-electron chi connectivity index (χ3n) is 3.46. The number of hydrogen-bond donors (Lipinski definition) is 1. The van der Waals surface area contributed by atoms with Crippen molar-refractivity contribution >= 4 is 11.4 Å². The number of benzene rings is 1. The summed E-state index contributed by atoms with van der Waals surface area (Å²) >= 11 is 0. The first kappa shape index (κ1) is 16.4. The number of unbranched alkanes of at least 4 members (excludes halogenated alkanes) is 2. The largest absolute Gasteiger partial charge is 0.379 e. The number of anilines is 1. The molecule has 0 spiro atoms. The molecule has 112 valence electrons. The van der Waals surface area contributed by atoms with Crippen molar-refractivity contribution in [2.75, 3.05) is 31.5 Å². The van der Waals surface area contributed by atoms with Crippen LogP contribution in [0.15, 0.2) is 24.3 Å². The molecule has 0 heterocycles. The van der Waals surface area contributed by atoms with Gasteiger partial charge in [0.25, 0.3) is 5.69 Å². The molecule has 0 amide bonds. The average molecular weight is 279 g/mol. The number of hydrogen-bond acceptors (Lipinski definition) is 4. The van der Waals surface area contributed by atoms with Crippen LogP contribution in [0.4, 0.5) is 11.4 Å². The molecule has 0 atom stereocenters. The van der Waals surface area contributed by atoms with E-state index in [1.54, 1.807) is 12.1 Å². The molecule has 1 aromatic rings. The second kappa shape index (κ2) is 9.31. The van der Waals surface area contributed by atoms with Gasteiger partial charge in [-0.15, -0.1) is 0 Å². The first-order valence-electron chi connectivity index (χ1n) is 7.38. The molecule has 0 radical (unpaired) electrons. The number of para-hydroxylation sites is 2. The standard InChI is InChI=1S/C15H25N3O2/c1-3-17(4-2)13-9-5-8-12-16-14-10-6-7-11-15(14)18(19)20/h6-7,10-11,16H,3-5,8-9,12-13H2,1-2H3. The quantitative estimate of drug-likeness (QED) is 0.404. The second-order valence-corrected chi connectivity index (χ2v) is 4.79. The lowest BCUT2D eigenvalue weighted by atomic mass is 10.2. The van der Waals surface area contributed by atoms with Crippen LogP contribution in [-0.4, -0.2) is 36.0 Å². The Kier molecular flexibility index (Phi) is 7.65. The molecule has 0 unspecified atom stereocenters. The Morgan fingerprint density at radius 1 is 1.15 bits per heavy atom. The zero-order valence-electron chi connectivity index (χ0n) is 12.5. The second-order valence-electron chi connectivity index (χ2n) is 4.79. The van der Waals surface area contributed by atoms with Crippen LogP contribution in [0.5, 0.6) is 0 Å². The molecular weight excluding hydrogens is 254 g/mol. The van der Waals surface area contributed by atoms with Crippen LogP contribution in [-0.2, 0) is 0 Å². The van der Waals surface area contributed by atoms with E-state index in [2.05, 4.69) is 24.1 Å². The number of nitro benzene ring substituents is 1. The van der Waals surface area contributed by atoms with Gasteiger partial charge in [-0.2, -0.15) is 0 Å². The van der Waals surface area contributed by atoms with Gasteiger partial charge >= 0.3 is 0 Å². The summed E-state index contributed by atoms with van der Waals surface area (Å²) in [4.78, 5) is 12.9. The molecule has 0 saturated carbocycles. The number of rotatable bonds is 10. The van der Waals surface area contributed by atoms with Gasteiger partial charge in [0.05, 0.1) is 4.92 Å². The predicted molar refractivity (Wildman–Crippen MR) is 83.2 cm³/mol. The van der Waals surface area contributed by atoms with Crippen molar-refractivity contribution in [3.63, 3.8) is 0 Å². The van der Waals surface area contributed by atoms with E-state index in [1.807, 2.05) is 6.07 Å². The molecule has 0 aliphatic carbocycles. The molecule has 0 aromatic heterocycles. The van der Waals surface area contributed by atoms with Gasteiger partial charge < -0.3 is 10.2 Å². The van der Waals surface area contributed by atoms with Gasteiger partial charge in [-0.3, -0.25) is 10.1 Å². The number of nitrogens with zero attached hydrogens (tertiary/aromatic N) is 2. The topological polar surface area (TPSA) is 58.4 Å². The maximum absolute atomic E-state index is 10.9. The normalized spacial score (nSPS) is 10.8. The maximum atomic E-state index is 10.9. The van der Waals surface area contributed by atoms with E-state index in [1.165, 1.54) is 12.5 Å². The molecule has 1 N–H and O–H groups in total. The van der Waals surface area contributed by atoms with E-state index in [4.69, 9.17) is 0 Å². The maximum Gasteiger partial charge on any atom is 0.292 e. The minimum absolute atomic E-state index is 0.149. The summed E-state index contributed by atoms with van der Waals surface area (Å²) in [6, 6.07) is 6.79. The van der Waals surface area contributed by atoms with Crippen molar-refractivity contribution in [2.24, 2.45) is 0 Å². The fraction of sp³-hybridized carbons (Fsp3) is 0.600. The summed E-state index contributed by atoms with van der Waals surface area (Å²) in [5.74, 6) is 0. The van der Waals surface area contributed by atoms with Crippen LogP contribution in [0.1, 0.15) is 33.1 Å². The zero-order chi connectivity index (χ0) is 14.8. The van der Waals surface area contributed by atoms with Gasteiger partial charge in [0.2, 0.25) is 0 Å². The van der Waals surface area contributed by atoms with Crippen molar-refractivity contribution in [1.29, 1.82) is 0 Å². The van der Waals surface area contributed by atoms with E-state index < -0.39 is 0 Å². The molecule has 5 nitrogen and oxygen atoms in total. The van der Waals surface area contributed by atoms with Crippen LogP contribution in [0.2, 0.25) is 0 Å². The van der Waals surface area contributed by atoms with Crippen LogP contribution in [0, 0.1) is 10.1 Å². The monoisotopic (exact) mass is 279 g/mol. The Hall–Kier alpha value is -1.62. The molecule has 20 heavy (non-hydrogen) atoms. The SMILES string of the molecule is CCN(CC)CCCCCNc1ccccc1[N+](=O)[O-]. The van der Waals surface area contributed by atoms with Crippen molar-refractivity contribution in [3.05, 3.63) is 34.4 Å². The highest BCUT2D eigenvalue weighted by molar-refractivity contribution is 5.60. The first-order chi connectivity index (χ1) is 9.69. The van der Waals surface area contributed by atoms with E-state index in [0.29, 0.717) is 5.69 Å². The van der Waals surface area contributed by atoms with Crippen LogP contribution < -0.4 is 5.32 Å². The van der Waals surface area contributed by atoms with Crippen molar-refractivity contribution in [2.45, 2.75) is 33.1 Å². The molecule has 0 aliphatic rings. The van der Waals surface area contributed by atoms with Crippen molar-refractivity contribution in [3.8, 4) is 0 Å². The highest BCUT2D eigenvalue weighted by Gasteiger charge is 2.10. The Labute approximate surface area is 121 Å². The van der Waals surface area contributed by atoms with Crippen LogP contribution >= 0.6 is 0 Å². The van der Waals surface area contributed by atoms with Crippen molar-refractivity contribution in [1.82, 2.24) is 4.90 Å². The molecule has 1 rings (SSSR count). The molecule has 1 aromatic carbocycles. The van der Waals surface area contributed by atoms with Crippen LogP contribution in [0.25, 0.3) is 0 Å². The lowest BCUT2D eigenvalue weighted by Gasteiger charge is -2.17. The first-order valence-corrected chi connectivity index (χ1v) is 7.38. The van der Waals surface area contributed by atoms with E-state index in [9.17, 15) is 10.1 Å². The van der Waals surface area contributed by atoms with Gasteiger partial charge in [-0.1, -0.05) is 32.4 Å². The fourth-order valence-electron chi connectivity index (χ4n) is 2.18. The Bertz CT molecular complexity index is 406. The third kappa shape index (κ3) is 5.57. The summed E-state index contributed by atoms with van der Waals surface area (Å²) in [5.41, 5.74) is 0.761. The van der Waals surface area contributed by atoms with E-state index >= 15 is 0 Å². The molecule has 0 bridgehead atoms. The van der Waals surface area contributed by atoms with Crippen molar-refractivity contribution < 1.29 is 4.92 Å². The minimum atomic E-state index is -0.345. The Balaban J connectivity index is 2.23. The Morgan fingerprint density at radius 2 is 1.85 bits per heavy atom. The minimum Gasteiger partial charge on any atom is -0.379 e. The lowest BCUT2D eigenvalue weighted by Crippen LogP contribution is -2.23. The van der Waals surface area contributed by atoms with Gasteiger partial charge in [0.1, 0.15) is 5.69 Å². The average Bonchev–Trinajstić information content (AvgIpc) is 2.47. The summed E-state index contributed by atoms with van der Waals surface area (Å²) in [7, 11) is 0. The molecule has 5 heteroatoms. The molecule has 0 aliphatic heterocycles. The van der Waals surface area contributed by atoms with E-state index in [-0.39, 0.29) is 10.6 Å². The van der Waals surface area contributed by atoms with Gasteiger partial charge in [0, 0.05) is 12.6 Å². The van der Waals surface area contributed by atoms with Gasteiger partial charge in [0.15, 0.2) is 0 Å². The summed E-state index contributed by atoms with van der Waals surface area (Å²) in [5, 5.41) is 14.0. The fourth-order valence-corrected chi connectivity index (χ4v) is 2.18. The number of nitrogens with one attached hydrogen (secondary N) is 1. The summed E-state index contributed by atoms with van der Waals surface area (Å²) < 4.78 is 0. The molecule has 0 saturated heterocycles. The number of nitro groups is 1. The summed E-state index contributed by atoms with van der Waals surface area (Å²) in [6.45, 7) is 8.48. The molecule has 0 fully saturated rings. The van der Waals surface area contributed by atoms with Gasteiger partial charge in [-0.05, 0) is 38.5 Å². The Morgan fingerprint density at radius 3 is 2.50 bits per heavy atom. The lowest BCUT2D eigenvalue weighted by molar-refractivity contribution is -0.384. The van der Waals surface area contributed by atoms with Gasteiger partial charge in [-0.25, -0.2) is 0 Å². The van der Waals surface area contributed by atoms with Crippen LogP contribution in [0.3, 0.4) is 0 Å². The summed E-state index contributed by atoms with van der Waals surface area (Å²) in [6.07, 6.45) is 3.36. The zero-order valence-corrected chi connectivity index (χ0v) is 12.5. The third-order valence-corrected chi connectivity index (χ3v) is 3.46.